The lowest BCUT2D eigenvalue weighted by atomic mass is 10.1. The Morgan fingerprint density at radius 2 is 2.00 bits per heavy atom. The molecule has 3 aromatic rings. The molecule has 0 unspecified atom stereocenters. The molecule has 0 saturated heterocycles. The van der Waals surface area contributed by atoms with Gasteiger partial charge < -0.3 is 11.1 Å². The topological polar surface area (TPSA) is 80.4 Å². The maximum Gasteiger partial charge on any atom is 0.228 e. The van der Waals surface area contributed by atoms with Gasteiger partial charge in [0.2, 0.25) is 11.0 Å². The van der Waals surface area contributed by atoms with E-state index in [2.05, 4.69) is 15.3 Å². The summed E-state index contributed by atoms with van der Waals surface area (Å²) in [7, 11) is 0. The summed E-state index contributed by atoms with van der Waals surface area (Å²) in [5.74, 6) is -0.222. The minimum Gasteiger partial charge on any atom is -0.403 e. The number of carbonyl (C=O) groups excluding carboxylic acids is 1. The van der Waals surface area contributed by atoms with Gasteiger partial charge in [-0.2, -0.15) is 0 Å². The van der Waals surface area contributed by atoms with Crippen molar-refractivity contribution < 1.29 is 4.79 Å². The van der Waals surface area contributed by atoms with Crippen LogP contribution in [0.3, 0.4) is 0 Å². The van der Waals surface area contributed by atoms with Gasteiger partial charge in [0.05, 0.1) is 28.5 Å². The molecule has 0 aliphatic carbocycles. The number of benzene rings is 2. The number of fused-ring (bicyclic) bond motifs is 1. The molecule has 3 rings (SSSR count). The molecular formula is C18H15ClN4OS. The Morgan fingerprint density at radius 1 is 1.24 bits per heavy atom. The second-order valence-electron chi connectivity index (χ2n) is 5.16. The maximum absolute atomic E-state index is 12.1. The third-order valence-electron chi connectivity index (χ3n) is 3.37. The molecule has 0 spiro atoms. The van der Waals surface area contributed by atoms with Crippen LogP contribution >= 0.6 is 22.9 Å². The first kappa shape index (κ1) is 17.1. The SMILES string of the molecule is NC=C(C=Nc1nc2ccccc2s1)NC(=O)Cc1ccccc1Cl. The molecule has 126 valence electrons. The molecule has 0 atom stereocenters. The number of halogens is 1. The maximum atomic E-state index is 12.1. The van der Waals surface area contributed by atoms with Crippen LogP contribution in [0.2, 0.25) is 5.02 Å². The Kier molecular flexibility index (Phi) is 5.42. The van der Waals surface area contributed by atoms with Crippen LogP contribution in [0.4, 0.5) is 5.13 Å². The molecule has 0 bridgehead atoms. The Hall–Kier alpha value is -2.70. The van der Waals surface area contributed by atoms with Crippen LogP contribution in [-0.4, -0.2) is 17.1 Å². The number of thiazole rings is 1. The molecule has 7 heteroatoms. The van der Waals surface area contributed by atoms with Crippen LogP contribution in [-0.2, 0) is 11.2 Å². The number of allylic oxidation sites excluding steroid dienone is 1. The van der Waals surface area contributed by atoms with E-state index in [1.54, 1.807) is 6.07 Å². The molecule has 0 fully saturated rings. The minimum atomic E-state index is -0.222. The highest BCUT2D eigenvalue weighted by Crippen LogP contribution is 2.27. The van der Waals surface area contributed by atoms with Gasteiger partial charge in [-0.1, -0.05) is 53.3 Å². The summed E-state index contributed by atoms with van der Waals surface area (Å²) >= 11 is 7.53. The Bertz CT molecular complexity index is 931. The third-order valence-corrected chi connectivity index (χ3v) is 4.68. The second-order valence-corrected chi connectivity index (χ2v) is 6.58. The van der Waals surface area contributed by atoms with Crippen LogP contribution in [0.25, 0.3) is 10.2 Å². The molecule has 0 aliphatic heterocycles. The summed E-state index contributed by atoms with van der Waals surface area (Å²) < 4.78 is 1.05. The van der Waals surface area contributed by atoms with Gasteiger partial charge in [-0.15, -0.1) is 0 Å². The van der Waals surface area contributed by atoms with Crippen molar-refractivity contribution in [3.05, 3.63) is 71.0 Å². The van der Waals surface area contributed by atoms with Crippen LogP contribution in [0, 0.1) is 0 Å². The second kappa shape index (κ2) is 7.92. The Balaban J connectivity index is 1.66. The summed E-state index contributed by atoms with van der Waals surface area (Å²) in [6.07, 6.45) is 2.94. The summed E-state index contributed by atoms with van der Waals surface area (Å²) in [6.45, 7) is 0. The van der Waals surface area contributed by atoms with E-state index in [9.17, 15) is 4.79 Å². The van der Waals surface area contributed by atoms with Crippen molar-refractivity contribution in [2.45, 2.75) is 6.42 Å². The average Bonchev–Trinajstić information content (AvgIpc) is 3.03. The molecule has 5 nitrogen and oxygen atoms in total. The highest BCUT2D eigenvalue weighted by atomic mass is 35.5. The molecule has 1 amide bonds. The van der Waals surface area contributed by atoms with Crippen molar-refractivity contribution in [2.24, 2.45) is 10.7 Å². The number of aliphatic imine (C=N–C) groups is 1. The number of hydrogen-bond donors (Lipinski definition) is 2. The van der Waals surface area contributed by atoms with E-state index in [0.717, 1.165) is 15.8 Å². The molecule has 0 saturated carbocycles. The quantitative estimate of drug-likeness (QED) is 0.670. The number of aromatic nitrogens is 1. The number of para-hydroxylation sites is 1. The number of nitrogens with two attached hydrogens (primary N) is 1. The zero-order valence-electron chi connectivity index (χ0n) is 13.1. The van der Waals surface area contributed by atoms with Gasteiger partial charge in [-0.25, -0.2) is 9.98 Å². The zero-order valence-corrected chi connectivity index (χ0v) is 14.7. The highest BCUT2D eigenvalue weighted by Gasteiger charge is 2.08. The molecular weight excluding hydrogens is 356 g/mol. The van der Waals surface area contributed by atoms with E-state index >= 15 is 0 Å². The van der Waals surface area contributed by atoms with Crippen LogP contribution in [0.1, 0.15) is 5.56 Å². The number of rotatable bonds is 5. The summed E-state index contributed by atoms with van der Waals surface area (Å²) in [5.41, 5.74) is 7.61. The van der Waals surface area contributed by atoms with Crippen molar-refractivity contribution >= 4 is 50.4 Å². The van der Waals surface area contributed by atoms with Gasteiger partial charge in [-0.3, -0.25) is 4.79 Å². The fourth-order valence-electron chi connectivity index (χ4n) is 2.18. The normalized spacial score (nSPS) is 12.0. The molecule has 1 aromatic heterocycles. The van der Waals surface area contributed by atoms with Crippen molar-refractivity contribution in [1.29, 1.82) is 0 Å². The number of amides is 1. The van der Waals surface area contributed by atoms with Gasteiger partial charge in [0.1, 0.15) is 0 Å². The lowest BCUT2D eigenvalue weighted by Crippen LogP contribution is -2.26. The molecule has 0 aliphatic rings. The lowest BCUT2D eigenvalue weighted by Gasteiger charge is -2.06. The van der Waals surface area contributed by atoms with Crippen LogP contribution in [0.5, 0.6) is 0 Å². The zero-order chi connectivity index (χ0) is 17.6. The van der Waals surface area contributed by atoms with E-state index < -0.39 is 0 Å². The summed E-state index contributed by atoms with van der Waals surface area (Å²) in [5, 5.41) is 3.87. The fourth-order valence-corrected chi connectivity index (χ4v) is 3.19. The number of nitrogens with one attached hydrogen (secondary N) is 1. The molecule has 3 N–H and O–H groups in total. The van der Waals surface area contributed by atoms with Crippen molar-refractivity contribution in [1.82, 2.24) is 10.3 Å². The predicted molar refractivity (Wildman–Crippen MR) is 103 cm³/mol. The first-order valence-electron chi connectivity index (χ1n) is 7.50. The van der Waals surface area contributed by atoms with E-state index in [0.29, 0.717) is 15.9 Å². The number of nitrogens with zero attached hydrogens (tertiary/aromatic N) is 2. The number of hydrogen-bond acceptors (Lipinski definition) is 5. The van der Waals surface area contributed by atoms with Crippen molar-refractivity contribution in [3.63, 3.8) is 0 Å². The predicted octanol–water partition coefficient (Wildman–Crippen LogP) is 3.81. The van der Waals surface area contributed by atoms with E-state index in [-0.39, 0.29) is 12.3 Å². The van der Waals surface area contributed by atoms with Crippen LogP contribution in [0.15, 0.2) is 65.4 Å². The first-order valence-corrected chi connectivity index (χ1v) is 8.70. The summed E-state index contributed by atoms with van der Waals surface area (Å²) in [6, 6.07) is 15.0. The van der Waals surface area contributed by atoms with Gasteiger partial charge in [0.15, 0.2) is 0 Å². The van der Waals surface area contributed by atoms with E-state index in [4.69, 9.17) is 17.3 Å². The lowest BCUT2D eigenvalue weighted by molar-refractivity contribution is -0.119. The largest absolute Gasteiger partial charge is 0.403 e. The van der Waals surface area contributed by atoms with Gasteiger partial charge in [-0.05, 0) is 23.8 Å². The van der Waals surface area contributed by atoms with Crippen molar-refractivity contribution in [2.75, 3.05) is 0 Å². The third kappa shape index (κ3) is 4.43. The number of carbonyl (C=O) groups is 1. The summed E-state index contributed by atoms with van der Waals surface area (Å²) in [4.78, 5) is 20.8. The van der Waals surface area contributed by atoms with Crippen LogP contribution < -0.4 is 11.1 Å². The molecule has 2 aromatic carbocycles. The van der Waals surface area contributed by atoms with Gasteiger partial charge in [0.25, 0.3) is 0 Å². The van der Waals surface area contributed by atoms with Gasteiger partial charge in [0, 0.05) is 11.2 Å². The average molecular weight is 371 g/mol. The molecule has 0 radical (unpaired) electrons. The van der Waals surface area contributed by atoms with Crippen molar-refractivity contribution in [3.8, 4) is 0 Å². The fraction of sp³-hybridized carbons (Fsp3) is 0.0556. The molecule has 1 heterocycles. The highest BCUT2D eigenvalue weighted by molar-refractivity contribution is 7.22. The first-order chi connectivity index (χ1) is 12.2. The van der Waals surface area contributed by atoms with E-state index in [1.807, 2.05) is 42.5 Å². The molecule has 25 heavy (non-hydrogen) atoms. The Labute approximate surface area is 153 Å². The monoisotopic (exact) mass is 370 g/mol. The smallest absolute Gasteiger partial charge is 0.228 e. The van der Waals surface area contributed by atoms with E-state index in [1.165, 1.54) is 23.8 Å². The minimum absolute atomic E-state index is 0.159. The Morgan fingerprint density at radius 3 is 2.76 bits per heavy atom. The standard InChI is InChI=1S/C18H15ClN4OS/c19-14-6-2-1-5-12(14)9-17(24)22-13(10-20)11-21-18-23-15-7-3-4-8-16(15)25-18/h1-8,10-11H,9,20H2,(H,22,24). The van der Waals surface area contributed by atoms with Gasteiger partial charge >= 0.3 is 0 Å².